The number of nitrogens with zero attached hydrogens (tertiary/aromatic N) is 6. The number of piperidine rings is 2. The standard InChI is InChI=1S/C21H31N7/c1-3-17-11-20(24-14-22-17)27-9-6-18(7-10-27)26-19-12-21(25-15-23-19)28-8-4-5-16(2)13-28/h11-12,14-16,18H,3-10,13H2,1-2H3,(H,23,25,26). The molecule has 7 heteroatoms. The van der Waals surface area contributed by atoms with E-state index in [1.165, 1.54) is 12.8 Å². The predicted molar refractivity (Wildman–Crippen MR) is 113 cm³/mol. The van der Waals surface area contributed by atoms with E-state index in [-0.39, 0.29) is 0 Å². The Kier molecular flexibility index (Phi) is 5.88. The molecular formula is C21H31N7. The molecular weight excluding hydrogens is 350 g/mol. The molecule has 1 atom stereocenters. The third-order valence-electron chi connectivity index (χ3n) is 5.88. The molecule has 0 radical (unpaired) electrons. The summed E-state index contributed by atoms with van der Waals surface area (Å²) in [6.45, 7) is 8.63. The quantitative estimate of drug-likeness (QED) is 0.853. The van der Waals surface area contributed by atoms with Crippen LogP contribution < -0.4 is 15.1 Å². The van der Waals surface area contributed by atoms with E-state index in [9.17, 15) is 0 Å². The van der Waals surface area contributed by atoms with Gasteiger partial charge in [-0.2, -0.15) is 0 Å². The molecule has 2 aromatic heterocycles. The molecule has 1 N–H and O–H groups in total. The molecule has 28 heavy (non-hydrogen) atoms. The van der Waals surface area contributed by atoms with Gasteiger partial charge in [0.1, 0.15) is 30.1 Å². The van der Waals surface area contributed by atoms with E-state index in [1.807, 2.05) is 0 Å². The molecule has 0 saturated carbocycles. The zero-order valence-corrected chi connectivity index (χ0v) is 17.0. The van der Waals surface area contributed by atoms with E-state index in [0.717, 1.165) is 74.5 Å². The minimum atomic E-state index is 0.437. The molecule has 0 aromatic carbocycles. The average Bonchev–Trinajstić information content (AvgIpc) is 2.74. The molecule has 4 heterocycles. The first kappa shape index (κ1) is 18.9. The number of aromatic nitrogens is 4. The van der Waals surface area contributed by atoms with Crippen molar-refractivity contribution >= 4 is 17.5 Å². The summed E-state index contributed by atoms with van der Waals surface area (Å²) in [5.41, 5.74) is 1.10. The lowest BCUT2D eigenvalue weighted by Crippen LogP contribution is -2.39. The summed E-state index contributed by atoms with van der Waals surface area (Å²) in [7, 11) is 0. The molecule has 2 saturated heterocycles. The van der Waals surface area contributed by atoms with Gasteiger partial charge in [0.05, 0.1) is 0 Å². The molecule has 0 aliphatic carbocycles. The maximum atomic E-state index is 4.51. The van der Waals surface area contributed by atoms with Gasteiger partial charge in [0.25, 0.3) is 0 Å². The number of hydrogen-bond acceptors (Lipinski definition) is 7. The first-order chi connectivity index (χ1) is 13.7. The molecule has 2 aromatic rings. The Bertz CT molecular complexity index is 773. The Balaban J connectivity index is 1.34. The van der Waals surface area contributed by atoms with Crippen molar-refractivity contribution in [3.63, 3.8) is 0 Å². The van der Waals surface area contributed by atoms with Crippen LogP contribution in [0.4, 0.5) is 17.5 Å². The molecule has 2 aliphatic heterocycles. The summed E-state index contributed by atoms with van der Waals surface area (Å²) in [4.78, 5) is 22.5. The Hall–Kier alpha value is -2.44. The highest BCUT2D eigenvalue weighted by Gasteiger charge is 2.22. The van der Waals surface area contributed by atoms with Crippen molar-refractivity contribution in [3.05, 3.63) is 30.5 Å². The first-order valence-corrected chi connectivity index (χ1v) is 10.6. The number of hydrogen-bond donors (Lipinski definition) is 1. The van der Waals surface area contributed by atoms with E-state index >= 15 is 0 Å². The molecule has 1 unspecified atom stereocenters. The minimum Gasteiger partial charge on any atom is -0.367 e. The smallest absolute Gasteiger partial charge is 0.134 e. The number of nitrogens with one attached hydrogen (secondary N) is 1. The normalized spacial score (nSPS) is 21.0. The lowest BCUT2D eigenvalue weighted by atomic mass is 10.0. The van der Waals surface area contributed by atoms with Crippen LogP contribution in [0.3, 0.4) is 0 Å². The zero-order chi connectivity index (χ0) is 19.3. The van der Waals surface area contributed by atoms with Crippen LogP contribution in [0.15, 0.2) is 24.8 Å². The van der Waals surface area contributed by atoms with Crippen LogP contribution in [-0.2, 0) is 6.42 Å². The van der Waals surface area contributed by atoms with E-state index in [2.05, 4.69) is 61.0 Å². The van der Waals surface area contributed by atoms with E-state index in [1.54, 1.807) is 12.7 Å². The third-order valence-corrected chi connectivity index (χ3v) is 5.88. The molecule has 0 bridgehead atoms. The maximum Gasteiger partial charge on any atom is 0.134 e. The number of rotatable bonds is 5. The summed E-state index contributed by atoms with van der Waals surface area (Å²) in [6.07, 6.45) is 9.03. The zero-order valence-electron chi connectivity index (χ0n) is 17.0. The topological polar surface area (TPSA) is 70.1 Å². The second-order valence-corrected chi connectivity index (χ2v) is 8.08. The van der Waals surface area contributed by atoms with Crippen molar-refractivity contribution in [2.24, 2.45) is 5.92 Å². The Morgan fingerprint density at radius 3 is 2.43 bits per heavy atom. The maximum absolute atomic E-state index is 4.51. The van der Waals surface area contributed by atoms with Crippen molar-refractivity contribution in [1.29, 1.82) is 0 Å². The summed E-state index contributed by atoms with van der Waals surface area (Å²) >= 11 is 0. The Labute approximate surface area is 167 Å². The van der Waals surface area contributed by atoms with Crippen LogP contribution in [0, 0.1) is 5.92 Å². The lowest BCUT2D eigenvalue weighted by molar-refractivity contribution is 0.444. The van der Waals surface area contributed by atoms with E-state index in [4.69, 9.17) is 0 Å². The van der Waals surface area contributed by atoms with Gasteiger partial charge in [-0.3, -0.25) is 0 Å². The van der Waals surface area contributed by atoms with Crippen molar-refractivity contribution in [2.75, 3.05) is 41.3 Å². The van der Waals surface area contributed by atoms with Gasteiger partial charge in [-0.15, -0.1) is 0 Å². The van der Waals surface area contributed by atoms with Crippen LogP contribution in [0.5, 0.6) is 0 Å². The van der Waals surface area contributed by atoms with Crippen LogP contribution in [-0.4, -0.2) is 52.2 Å². The van der Waals surface area contributed by atoms with Crippen molar-refractivity contribution in [1.82, 2.24) is 19.9 Å². The van der Waals surface area contributed by atoms with Gasteiger partial charge in [-0.05, 0) is 38.0 Å². The fourth-order valence-corrected chi connectivity index (χ4v) is 4.21. The first-order valence-electron chi connectivity index (χ1n) is 10.6. The monoisotopic (exact) mass is 381 g/mol. The minimum absolute atomic E-state index is 0.437. The fraction of sp³-hybridized carbons (Fsp3) is 0.619. The molecule has 2 fully saturated rings. The molecule has 2 aliphatic rings. The highest BCUT2D eigenvalue weighted by Crippen LogP contribution is 2.24. The summed E-state index contributed by atoms with van der Waals surface area (Å²) in [5, 5.41) is 3.63. The summed E-state index contributed by atoms with van der Waals surface area (Å²) < 4.78 is 0. The highest BCUT2D eigenvalue weighted by atomic mass is 15.2. The van der Waals surface area contributed by atoms with E-state index in [0.29, 0.717) is 6.04 Å². The summed E-state index contributed by atoms with van der Waals surface area (Å²) in [5.74, 6) is 3.78. The van der Waals surface area contributed by atoms with Crippen LogP contribution >= 0.6 is 0 Å². The van der Waals surface area contributed by atoms with Crippen LogP contribution in [0.25, 0.3) is 0 Å². The van der Waals surface area contributed by atoms with Gasteiger partial charge in [0, 0.05) is 50.0 Å². The average molecular weight is 382 g/mol. The van der Waals surface area contributed by atoms with Crippen molar-refractivity contribution in [2.45, 2.75) is 52.0 Å². The number of aryl methyl sites for hydroxylation is 1. The molecule has 0 spiro atoms. The third kappa shape index (κ3) is 4.51. The second-order valence-electron chi connectivity index (χ2n) is 8.08. The van der Waals surface area contributed by atoms with Gasteiger partial charge >= 0.3 is 0 Å². The van der Waals surface area contributed by atoms with Gasteiger partial charge in [0.2, 0.25) is 0 Å². The fourth-order valence-electron chi connectivity index (χ4n) is 4.21. The highest BCUT2D eigenvalue weighted by molar-refractivity contribution is 5.49. The lowest BCUT2D eigenvalue weighted by Gasteiger charge is -2.34. The van der Waals surface area contributed by atoms with Gasteiger partial charge in [-0.1, -0.05) is 13.8 Å². The number of anilines is 3. The molecule has 0 amide bonds. The predicted octanol–water partition coefficient (Wildman–Crippen LogP) is 3.15. The van der Waals surface area contributed by atoms with Gasteiger partial charge < -0.3 is 15.1 Å². The Morgan fingerprint density at radius 2 is 1.68 bits per heavy atom. The van der Waals surface area contributed by atoms with Crippen molar-refractivity contribution < 1.29 is 0 Å². The summed E-state index contributed by atoms with van der Waals surface area (Å²) in [6, 6.07) is 4.67. The Morgan fingerprint density at radius 1 is 0.929 bits per heavy atom. The van der Waals surface area contributed by atoms with Crippen molar-refractivity contribution in [3.8, 4) is 0 Å². The van der Waals surface area contributed by atoms with E-state index < -0.39 is 0 Å². The van der Waals surface area contributed by atoms with Crippen LogP contribution in [0.2, 0.25) is 0 Å². The van der Waals surface area contributed by atoms with Crippen LogP contribution in [0.1, 0.15) is 45.2 Å². The molecule has 4 rings (SSSR count). The SMILES string of the molecule is CCc1cc(N2CCC(Nc3cc(N4CCCC(C)C4)ncn3)CC2)ncn1. The van der Waals surface area contributed by atoms with Gasteiger partial charge in [0.15, 0.2) is 0 Å². The second kappa shape index (κ2) is 8.71. The largest absolute Gasteiger partial charge is 0.367 e. The molecule has 150 valence electrons. The van der Waals surface area contributed by atoms with Gasteiger partial charge in [-0.25, -0.2) is 19.9 Å². The molecule has 7 nitrogen and oxygen atoms in total.